The second-order valence-electron chi connectivity index (χ2n) is 8.56. The summed E-state index contributed by atoms with van der Waals surface area (Å²) < 4.78 is 2.28. The van der Waals surface area contributed by atoms with E-state index in [-0.39, 0.29) is 36.4 Å². The number of hydrogen-bond donors (Lipinski definition) is 5. The summed E-state index contributed by atoms with van der Waals surface area (Å²) in [6.45, 7) is 0.830. The maximum atomic E-state index is 12.7. The van der Waals surface area contributed by atoms with Crippen LogP contribution in [0.3, 0.4) is 0 Å². The molecule has 0 aliphatic carbocycles. The number of aromatic nitrogens is 4. The molecule has 0 spiro atoms. The second-order valence-corrected chi connectivity index (χ2v) is 8.97. The van der Waals surface area contributed by atoms with Gasteiger partial charge in [0, 0.05) is 49.7 Å². The van der Waals surface area contributed by atoms with Crippen LogP contribution < -0.4 is 28.0 Å². The van der Waals surface area contributed by atoms with Gasteiger partial charge in [-0.15, -0.1) is 0 Å². The number of nitrogens with one attached hydrogen (secondary N) is 3. The molecule has 0 bridgehead atoms. The smallest absolute Gasteiger partial charge is 0.328 e. The average molecular weight is 567 g/mol. The Hall–Kier alpha value is -4.38. The number of carbonyl (C=O) groups excluding carboxylic acids is 3. The quantitative estimate of drug-likeness (QED) is 0.153. The number of amides is 3. The van der Waals surface area contributed by atoms with E-state index in [9.17, 15) is 38.7 Å². The van der Waals surface area contributed by atoms with Crippen molar-refractivity contribution in [1.29, 1.82) is 0 Å². The van der Waals surface area contributed by atoms with Crippen molar-refractivity contribution in [2.24, 2.45) is 5.73 Å². The van der Waals surface area contributed by atoms with E-state index in [0.29, 0.717) is 5.56 Å². The Morgan fingerprint density at radius 2 is 1.46 bits per heavy atom. The van der Waals surface area contributed by atoms with Gasteiger partial charge >= 0.3 is 17.3 Å². The Balaban J connectivity index is 2.00. The van der Waals surface area contributed by atoms with Crippen molar-refractivity contribution < 1.29 is 24.3 Å². The summed E-state index contributed by atoms with van der Waals surface area (Å²) in [4.78, 5) is 91.3. The van der Waals surface area contributed by atoms with Crippen LogP contribution in [0, 0.1) is 18.5 Å². The lowest BCUT2D eigenvalue weighted by molar-refractivity contribution is -0.144. The first kappa shape index (κ1) is 30.8. The highest BCUT2D eigenvalue weighted by Crippen LogP contribution is 1.98. The minimum absolute atomic E-state index is 0.00122. The summed E-state index contributed by atoms with van der Waals surface area (Å²) in [5.74, 6) is -3.19. The van der Waals surface area contributed by atoms with Gasteiger partial charge in [-0.1, -0.05) is 12.2 Å². The third-order valence-corrected chi connectivity index (χ3v) is 5.88. The Kier molecular flexibility index (Phi) is 11.0. The van der Waals surface area contributed by atoms with Crippen LogP contribution >= 0.6 is 12.2 Å². The molecule has 0 radical (unpaired) electrons. The summed E-state index contributed by atoms with van der Waals surface area (Å²) in [6.07, 6.45) is 2.61. The molecule has 0 aromatic carbocycles. The van der Waals surface area contributed by atoms with Crippen LogP contribution in [0.25, 0.3) is 0 Å². The summed E-state index contributed by atoms with van der Waals surface area (Å²) in [5.41, 5.74) is 4.33. The van der Waals surface area contributed by atoms with Crippen molar-refractivity contribution in [3.05, 3.63) is 59.5 Å². The maximum absolute atomic E-state index is 12.7. The largest absolute Gasteiger partial charge is 0.480 e. The number of carboxylic acid groups (broad SMARTS) is 1. The van der Waals surface area contributed by atoms with Crippen LogP contribution in [0.2, 0.25) is 0 Å². The Bertz CT molecular complexity index is 1470. The van der Waals surface area contributed by atoms with Crippen LogP contribution in [0.1, 0.15) is 11.1 Å². The number of hydrogen-bond acceptors (Lipinski definition) is 9. The molecule has 6 N–H and O–H groups in total. The zero-order chi connectivity index (χ0) is 29.3. The van der Waals surface area contributed by atoms with E-state index in [0.717, 1.165) is 18.9 Å². The first-order valence-electron chi connectivity index (χ1n) is 11.7. The van der Waals surface area contributed by atoms with Gasteiger partial charge in [0.2, 0.25) is 17.7 Å². The molecule has 0 atom stereocenters. The van der Waals surface area contributed by atoms with E-state index < -0.39 is 66.8 Å². The number of nitrogens with zero attached hydrogens (tertiary/aromatic N) is 4. The fourth-order valence-corrected chi connectivity index (χ4v) is 3.57. The van der Waals surface area contributed by atoms with Gasteiger partial charge in [-0.2, -0.15) is 0 Å². The van der Waals surface area contributed by atoms with Gasteiger partial charge in [-0.3, -0.25) is 43.1 Å². The molecule has 0 aliphatic rings. The van der Waals surface area contributed by atoms with Crippen molar-refractivity contribution in [3.8, 4) is 0 Å². The first-order valence-corrected chi connectivity index (χ1v) is 12.1. The molecular weight excluding hydrogens is 536 g/mol. The molecule has 2 aromatic rings. The normalized spacial score (nSPS) is 10.6. The Morgan fingerprint density at radius 1 is 0.923 bits per heavy atom. The highest BCUT2D eigenvalue weighted by molar-refractivity contribution is 7.71. The second kappa shape index (κ2) is 14.0. The topological polar surface area (TPSA) is 226 Å². The van der Waals surface area contributed by atoms with E-state index in [2.05, 4.69) is 15.3 Å². The van der Waals surface area contributed by atoms with E-state index >= 15 is 0 Å². The molecule has 2 aromatic heterocycles. The monoisotopic (exact) mass is 566 g/mol. The zero-order valence-electron chi connectivity index (χ0n) is 21.4. The third kappa shape index (κ3) is 9.15. The lowest BCUT2D eigenvalue weighted by Gasteiger charge is -2.23. The molecule has 0 saturated carbocycles. The first-order chi connectivity index (χ1) is 18.3. The fourth-order valence-electron chi connectivity index (χ4n) is 3.43. The summed E-state index contributed by atoms with van der Waals surface area (Å²) in [7, 11) is 0. The molecule has 0 unspecified atom stereocenters. The predicted octanol–water partition coefficient (Wildman–Crippen LogP) is -3.11. The van der Waals surface area contributed by atoms with Crippen molar-refractivity contribution >= 4 is 35.9 Å². The zero-order valence-corrected chi connectivity index (χ0v) is 22.2. The van der Waals surface area contributed by atoms with Crippen LogP contribution in [-0.2, 0) is 32.3 Å². The van der Waals surface area contributed by atoms with E-state index in [1.165, 1.54) is 19.3 Å². The van der Waals surface area contributed by atoms with Crippen LogP contribution in [0.4, 0.5) is 0 Å². The van der Waals surface area contributed by atoms with Crippen LogP contribution in [-0.4, -0.2) is 97.0 Å². The maximum Gasteiger partial charge on any atom is 0.328 e. The summed E-state index contributed by atoms with van der Waals surface area (Å²) in [5, 5.41) is 11.7. The van der Waals surface area contributed by atoms with E-state index in [1.807, 2.05) is 0 Å². The molecule has 0 fully saturated rings. The lowest BCUT2D eigenvalue weighted by Crippen LogP contribution is -2.47. The van der Waals surface area contributed by atoms with Gasteiger partial charge in [0.15, 0.2) is 0 Å². The van der Waals surface area contributed by atoms with Crippen LogP contribution in [0.15, 0.2) is 26.8 Å². The molecule has 16 nitrogen and oxygen atoms in total. The summed E-state index contributed by atoms with van der Waals surface area (Å²) in [6, 6.07) is 0. The number of nitrogens with two attached hydrogens (primary N) is 1. The van der Waals surface area contributed by atoms with Gasteiger partial charge in [-0.05, 0) is 13.8 Å². The van der Waals surface area contributed by atoms with Crippen molar-refractivity contribution in [2.45, 2.75) is 26.9 Å². The Morgan fingerprint density at radius 3 is 2.03 bits per heavy atom. The Labute approximate surface area is 226 Å². The lowest BCUT2D eigenvalue weighted by atomic mass is 10.3. The standard InChI is InChI=1S/C22H30N8O8S/c1-13-7-29(21(37)25-19(13)36)10-16(32)27(5-3-23)9-15(31)24-4-6-28(12-18(34)35)17(33)11-30-8-14(2)20(39)26-22(30)38/h7-8H,3-6,9-12,23H2,1-2H3,(H,24,31)(H,34,35)(H,25,36,37)(H,26,38,39). The average Bonchev–Trinajstić information content (AvgIpc) is 2.84. The molecule has 2 heterocycles. The predicted molar refractivity (Wildman–Crippen MR) is 140 cm³/mol. The van der Waals surface area contributed by atoms with Gasteiger partial charge < -0.3 is 26.0 Å². The molecule has 39 heavy (non-hydrogen) atoms. The van der Waals surface area contributed by atoms with Crippen molar-refractivity contribution in [3.63, 3.8) is 0 Å². The molecule has 212 valence electrons. The van der Waals surface area contributed by atoms with Gasteiger partial charge in [0.05, 0.1) is 6.54 Å². The molecule has 17 heteroatoms. The number of aromatic amines is 2. The number of aryl methyl sites for hydroxylation is 2. The van der Waals surface area contributed by atoms with Crippen molar-refractivity contribution in [2.75, 3.05) is 39.3 Å². The number of H-pyrrole nitrogens is 2. The number of rotatable bonds is 13. The summed E-state index contributed by atoms with van der Waals surface area (Å²) >= 11 is 4.97. The highest BCUT2D eigenvalue weighted by Gasteiger charge is 2.20. The molecule has 2 rings (SSSR count). The molecule has 0 aliphatic heterocycles. The molecule has 3 amide bonds. The van der Waals surface area contributed by atoms with Gasteiger partial charge in [0.25, 0.3) is 5.56 Å². The van der Waals surface area contributed by atoms with E-state index in [1.54, 1.807) is 6.92 Å². The SMILES string of the molecule is Cc1cn(CC(=O)N(CCN)CC(=O)NCCN(CC(=O)O)C(=O)Cn2cc(C)c(=S)[nH]c2=O)c(=O)[nH]c1=O. The number of aliphatic carboxylic acids is 1. The van der Waals surface area contributed by atoms with Crippen molar-refractivity contribution in [1.82, 2.24) is 34.2 Å². The van der Waals surface area contributed by atoms with Crippen LogP contribution in [0.5, 0.6) is 0 Å². The minimum Gasteiger partial charge on any atom is -0.480 e. The minimum atomic E-state index is -1.29. The van der Waals surface area contributed by atoms with Gasteiger partial charge in [-0.25, -0.2) is 9.59 Å². The molecular formula is C22H30N8O8S. The highest BCUT2D eigenvalue weighted by atomic mass is 32.1. The molecule has 0 saturated heterocycles. The third-order valence-electron chi connectivity index (χ3n) is 5.46. The number of carbonyl (C=O) groups is 4. The number of carboxylic acids is 1. The fraction of sp³-hybridized carbons (Fsp3) is 0.455. The van der Waals surface area contributed by atoms with E-state index in [4.69, 9.17) is 18.0 Å². The van der Waals surface area contributed by atoms with Gasteiger partial charge in [0.1, 0.15) is 24.3 Å².